The Labute approximate surface area is 128 Å². The summed E-state index contributed by atoms with van der Waals surface area (Å²) in [5.74, 6) is -4.77. The number of non-ortho nitro benzene ring substituents is 1. The summed E-state index contributed by atoms with van der Waals surface area (Å²) >= 11 is 0. The molecule has 11 heteroatoms. The van der Waals surface area contributed by atoms with Crippen molar-refractivity contribution in [3.05, 3.63) is 50.1 Å². The fraction of sp³-hybridized carbons (Fsp3) is 0.250. The Morgan fingerprint density at radius 1 is 1.09 bits per heavy atom. The number of barbiturate groups is 1. The first-order valence-electron chi connectivity index (χ1n) is 6.31. The van der Waals surface area contributed by atoms with Gasteiger partial charge in [0.15, 0.2) is 0 Å². The van der Waals surface area contributed by atoms with Gasteiger partial charge in [-0.25, -0.2) is 4.79 Å². The van der Waals surface area contributed by atoms with Crippen molar-refractivity contribution >= 4 is 23.5 Å². The summed E-state index contributed by atoms with van der Waals surface area (Å²) in [6.07, 6.45) is 0. The van der Waals surface area contributed by atoms with E-state index >= 15 is 0 Å². The molecule has 2 rings (SSSR count). The lowest BCUT2D eigenvalue weighted by molar-refractivity contribution is -0.484. The molecule has 0 radical (unpaired) electrons. The molecule has 0 bridgehead atoms. The van der Waals surface area contributed by atoms with Crippen molar-refractivity contribution in [2.45, 2.75) is 5.92 Å². The number of rotatable bonds is 5. The molecule has 0 spiro atoms. The van der Waals surface area contributed by atoms with Gasteiger partial charge in [0.2, 0.25) is 18.4 Å². The van der Waals surface area contributed by atoms with Crippen LogP contribution in [0.2, 0.25) is 0 Å². The predicted octanol–water partition coefficient (Wildman–Crippen LogP) is -0.0627. The number of carbonyl (C=O) groups excluding carboxylic acids is 3. The van der Waals surface area contributed by atoms with Crippen LogP contribution in [0.3, 0.4) is 0 Å². The molecule has 1 aromatic rings. The van der Waals surface area contributed by atoms with E-state index < -0.39 is 46.1 Å². The van der Waals surface area contributed by atoms with Crippen LogP contribution in [0.25, 0.3) is 0 Å². The monoisotopic (exact) mass is 322 g/mol. The van der Waals surface area contributed by atoms with E-state index in [-0.39, 0.29) is 11.3 Å². The molecular weight excluding hydrogens is 312 g/mol. The summed E-state index contributed by atoms with van der Waals surface area (Å²) in [5, 5.41) is 25.4. The van der Waals surface area contributed by atoms with Crippen LogP contribution < -0.4 is 10.6 Å². The van der Waals surface area contributed by atoms with Crippen molar-refractivity contribution in [1.29, 1.82) is 0 Å². The lowest BCUT2D eigenvalue weighted by atomic mass is 9.83. The smallest absolute Gasteiger partial charge is 0.277 e. The predicted molar refractivity (Wildman–Crippen MR) is 72.9 cm³/mol. The van der Waals surface area contributed by atoms with E-state index in [1.807, 2.05) is 10.6 Å². The maximum absolute atomic E-state index is 11.9. The molecule has 0 aliphatic carbocycles. The first-order valence-corrected chi connectivity index (χ1v) is 6.31. The second-order valence-electron chi connectivity index (χ2n) is 4.76. The Bertz CT molecular complexity index is 697. The molecule has 1 unspecified atom stereocenters. The molecule has 0 aromatic heterocycles. The summed E-state index contributed by atoms with van der Waals surface area (Å²) in [4.78, 5) is 55.1. The quantitative estimate of drug-likeness (QED) is 0.435. The number of nitro groups is 2. The average molecular weight is 322 g/mol. The number of amides is 4. The molecule has 1 fully saturated rings. The van der Waals surface area contributed by atoms with E-state index in [0.29, 0.717) is 0 Å². The lowest BCUT2D eigenvalue weighted by Crippen LogP contribution is -2.57. The Balaban J connectivity index is 2.44. The Kier molecular flexibility index (Phi) is 4.30. The van der Waals surface area contributed by atoms with Gasteiger partial charge in [0, 0.05) is 17.1 Å². The largest absolute Gasteiger partial charge is 0.328 e. The molecule has 1 saturated heterocycles. The normalized spacial score (nSPS) is 16.4. The number of nitrogens with one attached hydrogen (secondary N) is 2. The van der Waals surface area contributed by atoms with Gasteiger partial charge in [-0.3, -0.25) is 40.5 Å². The Morgan fingerprint density at radius 2 is 1.70 bits per heavy atom. The zero-order valence-corrected chi connectivity index (χ0v) is 11.4. The number of urea groups is 1. The lowest BCUT2D eigenvalue weighted by Gasteiger charge is -2.26. The van der Waals surface area contributed by atoms with Crippen molar-refractivity contribution < 1.29 is 24.2 Å². The first kappa shape index (κ1) is 16.0. The van der Waals surface area contributed by atoms with E-state index in [9.17, 15) is 34.6 Å². The number of imide groups is 2. The second-order valence-corrected chi connectivity index (χ2v) is 4.76. The number of benzene rings is 1. The van der Waals surface area contributed by atoms with E-state index in [0.717, 1.165) is 6.07 Å². The molecule has 4 amide bonds. The fourth-order valence-corrected chi connectivity index (χ4v) is 2.33. The van der Waals surface area contributed by atoms with Gasteiger partial charge >= 0.3 is 6.03 Å². The van der Waals surface area contributed by atoms with Crippen molar-refractivity contribution in [3.8, 4) is 0 Å². The number of nitrogens with zero attached hydrogens (tertiary/aromatic N) is 2. The number of carbonyl (C=O) groups is 3. The van der Waals surface area contributed by atoms with E-state index in [1.54, 1.807) is 0 Å². The van der Waals surface area contributed by atoms with E-state index in [4.69, 9.17) is 0 Å². The second kappa shape index (κ2) is 6.17. The standard InChI is InChI=1S/C12H10N4O7/c17-10-9(11(18)14-12(19)13-10)8(5-15(20)21)6-2-1-3-7(4-6)16(22)23/h1-4,8-9H,5H2,(H2,13,14,17,18,19). The molecule has 1 aliphatic rings. The van der Waals surface area contributed by atoms with Gasteiger partial charge in [-0.2, -0.15) is 0 Å². The van der Waals surface area contributed by atoms with Gasteiger partial charge in [0.25, 0.3) is 5.69 Å². The highest BCUT2D eigenvalue weighted by Crippen LogP contribution is 2.29. The van der Waals surface area contributed by atoms with Gasteiger partial charge in [0.1, 0.15) is 5.92 Å². The van der Waals surface area contributed by atoms with Gasteiger partial charge in [-0.15, -0.1) is 0 Å². The molecule has 1 aliphatic heterocycles. The minimum Gasteiger partial charge on any atom is -0.277 e. The molecule has 23 heavy (non-hydrogen) atoms. The highest BCUT2D eigenvalue weighted by Gasteiger charge is 2.43. The van der Waals surface area contributed by atoms with Gasteiger partial charge in [-0.1, -0.05) is 12.1 Å². The summed E-state index contributed by atoms with van der Waals surface area (Å²) < 4.78 is 0. The van der Waals surface area contributed by atoms with Crippen molar-refractivity contribution in [2.75, 3.05) is 6.54 Å². The molecule has 0 saturated carbocycles. The molecule has 1 aromatic carbocycles. The van der Waals surface area contributed by atoms with Crippen LogP contribution in [0.15, 0.2) is 24.3 Å². The average Bonchev–Trinajstić information content (AvgIpc) is 2.45. The number of nitro benzene ring substituents is 1. The van der Waals surface area contributed by atoms with Crippen molar-refractivity contribution in [3.63, 3.8) is 0 Å². The third-order valence-electron chi connectivity index (χ3n) is 3.30. The molecule has 2 N–H and O–H groups in total. The van der Waals surface area contributed by atoms with Gasteiger partial charge in [-0.05, 0) is 5.56 Å². The maximum atomic E-state index is 11.9. The first-order chi connectivity index (χ1) is 10.8. The Hall–Kier alpha value is -3.37. The molecular formula is C12H10N4O7. The third kappa shape index (κ3) is 3.45. The molecule has 1 atom stereocenters. The number of hydrogen-bond donors (Lipinski definition) is 2. The maximum Gasteiger partial charge on any atom is 0.328 e. The van der Waals surface area contributed by atoms with Gasteiger partial charge < -0.3 is 0 Å². The summed E-state index contributed by atoms with van der Waals surface area (Å²) in [7, 11) is 0. The fourth-order valence-electron chi connectivity index (χ4n) is 2.33. The minimum atomic E-state index is -1.54. The highest BCUT2D eigenvalue weighted by atomic mass is 16.6. The Morgan fingerprint density at radius 3 is 2.22 bits per heavy atom. The van der Waals surface area contributed by atoms with Crippen LogP contribution >= 0.6 is 0 Å². The zero-order valence-electron chi connectivity index (χ0n) is 11.4. The van der Waals surface area contributed by atoms with Crippen molar-refractivity contribution in [2.24, 2.45) is 5.92 Å². The zero-order chi connectivity index (χ0) is 17.1. The van der Waals surface area contributed by atoms with Crippen LogP contribution in [0.5, 0.6) is 0 Å². The van der Waals surface area contributed by atoms with E-state index in [2.05, 4.69) is 0 Å². The summed E-state index contributed by atoms with van der Waals surface area (Å²) in [6.45, 7) is -0.805. The summed E-state index contributed by atoms with van der Waals surface area (Å²) in [5.41, 5.74) is -0.246. The highest BCUT2D eigenvalue weighted by molar-refractivity contribution is 6.16. The minimum absolute atomic E-state index is 0.0838. The molecule has 1 heterocycles. The summed E-state index contributed by atoms with van der Waals surface area (Å²) in [6, 6.07) is 3.86. The van der Waals surface area contributed by atoms with E-state index in [1.165, 1.54) is 18.2 Å². The topological polar surface area (TPSA) is 162 Å². The van der Waals surface area contributed by atoms with Crippen LogP contribution in [-0.4, -0.2) is 34.2 Å². The number of hydrogen-bond acceptors (Lipinski definition) is 7. The molecule has 120 valence electrons. The van der Waals surface area contributed by atoms with Crippen LogP contribution in [0, 0.1) is 26.1 Å². The molecule has 11 nitrogen and oxygen atoms in total. The SMILES string of the molecule is O=C1NC(=O)C(C(C[N+](=O)[O-])c2cccc([N+](=O)[O-])c2)C(=O)N1. The van der Waals surface area contributed by atoms with Crippen molar-refractivity contribution in [1.82, 2.24) is 10.6 Å². The van der Waals surface area contributed by atoms with Crippen LogP contribution in [0.1, 0.15) is 11.5 Å². The van der Waals surface area contributed by atoms with Crippen LogP contribution in [-0.2, 0) is 9.59 Å². The third-order valence-corrected chi connectivity index (χ3v) is 3.30. The van der Waals surface area contributed by atoms with Gasteiger partial charge in [0.05, 0.1) is 10.8 Å². The van der Waals surface area contributed by atoms with Crippen LogP contribution in [0.4, 0.5) is 10.5 Å².